The average molecular weight is 879 g/mol. The topological polar surface area (TPSA) is 78.9 Å². The molecule has 0 N–H and O–H groups in total. The van der Waals surface area contributed by atoms with Crippen LogP contribution >= 0.6 is 0 Å². The number of hydrogen-bond donors (Lipinski definition) is 0. The lowest BCUT2D eigenvalue weighted by atomic mass is 10.1. The fraction of sp³-hybridized carbons (Fsp3) is 0.737. The first-order chi connectivity index (χ1) is 31.0. The Kier molecular flexibility index (Phi) is 48.9. The van der Waals surface area contributed by atoms with Crippen LogP contribution in [0.5, 0.6) is 0 Å². The van der Waals surface area contributed by atoms with Crippen molar-refractivity contribution in [2.75, 3.05) is 13.2 Å². The number of rotatable bonds is 47. The lowest BCUT2D eigenvalue weighted by Crippen LogP contribution is -2.30. The molecule has 0 aromatic heterocycles. The molecular weight excluding hydrogens is 781 g/mol. The number of esters is 3. The molecule has 0 aliphatic rings. The second-order valence-corrected chi connectivity index (χ2v) is 17.4. The molecule has 0 fully saturated rings. The van der Waals surface area contributed by atoms with Gasteiger partial charge < -0.3 is 14.2 Å². The molecule has 0 rings (SSSR count). The third-order valence-electron chi connectivity index (χ3n) is 11.2. The van der Waals surface area contributed by atoms with Gasteiger partial charge in [-0.05, 0) is 83.5 Å². The maximum Gasteiger partial charge on any atom is 0.306 e. The zero-order valence-electron chi connectivity index (χ0n) is 41.3. The summed E-state index contributed by atoms with van der Waals surface area (Å²) in [5, 5.41) is 0. The Morgan fingerprint density at radius 3 is 1.03 bits per heavy atom. The minimum atomic E-state index is -0.804. The molecule has 1 atom stereocenters. The van der Waals surface area contributed by atoms with Crippen molar-refractivity contribution in [1.29, 1.82) is 0 Å². The average Bonchev–Trinajstić information content (AvgIpc) is 3.28. The number of hydrogen-bond acceptors (Lipinski definition) is 6. The molecule has 0 saturated carbocycles. The standard InChI is InChI=1S/C57H98O6/c1-4-7-10-13-16-19-22-24-26-28-30-31-33-35-38-41-44-47-50-56(59)62-53-54(52-61-55(58)49-46-43-40-37-21-18-15-12-9-6-3)63-57(60)51-48-45-42-39-36-34-32-29-27-25-23-20-17-14-11-8-5-2/h8,11,17,20,25-28,32,34,39,42,54H,4-7,9-10,12-16,18-19,21-24,29-31,33,35-38,40-41,43-53H2,1-3H3/b11-8-,20-17-,27-25-,28-26-,34-32-,42-39-. The molecule has 0 aliphatic heterocycles. The molecule has 0 aromatic rings. The quantitative estimate of drug-likeness (QED) is 0.0262. The van der Waals surface area contributed by atoms with Crippen LogP contribution in [0.2, 0.25) is 0 Å². The molecule has 0 saturated heterocycles. The van der Waals surface area contributed by atoms with Crippen molar-refractivity contribution in [2.24, 2.45) is 0 Å². The van der Waals surface area contributed by atoms with Crippen molar-refractivity contribution in [1.82, 2.24) is 0 Å². The first-order valence-electron chi connectivity index (χ1n) is 26.4. The largest absolute Gasteiger partial charge is 0.462 e. The van der Waals surface area contributed by atoms with E-state index in [0.29, 0.717) is 19.3 Å². The van der Waals surface area contributed by atoms with Gasteiger partial charge in [-0.2, -0.15) is 0 Å². The number of carbonyl (C=O) groups excluding carboxylic acids is 3. The van der Waals surface area contributed by atoms with Crippen molar-refractivity contribution in [3.05, 3.63) is 72.9 Å². The van der Waals surface area contributed by atoms with Crippen LogP contribution in [0.3, 0.4) is 0 Å². The van der Waals surface area contributed by atoms with E-state index in [2.05, 4.69) is 93.7 Å². The highest BCUT2D eigenvalue weighted by molar-refractivity contribution is 5.71. The lowest BCUT2D eigenvalue weighted by molar-refractivity contribution is -0.167. The first-order valence-corrected chi connectivity index (χ1v) is 26.4. The van der Waals surface area contributed by atoms with Crippen LogP contribution in [0, 0.1) is 0 Å². The van der Waals surface area contributed by atoms with Crippen LogP contribution in [0.1, 0.15) is 252 Å². The van der Waals surface area contributed by atoms with Crippen LogP contribution < -0.4 is 0 Å². The molecule has 0 radical (unpaired) electrons. The Morgan fingerprint density at radius 2 is 0.635 bits per heavy atom. The summed E-state index contributed by atoms with van der Waals surface area (Å²) in [6.07, 6.45) is 64.7. The molecule has 6 heteroatoms. The molecule has 0 bridgehead atoms. The van der Waals surface area contributed by atoms with Crippen LogP contribution in [-0.4, -0.2) is 37.2 Å². The number of carbonyl (C=O) groups is 3. The summed E-state index contributed by atoms with van der Waals surface area (Å²) in [6, 6.07) is 0. The van der Waals surface area contributed by atoms with Gasteiger partial charge in [0.1, 0.15) is 13.2 Å². The van der Waals surface area contributed by atoms with Crippen LogP contribution in [-0.2, 0) is 28.6 Å². The highest BCUT2D eigenvalue weighted by atomic mass is 16.6. The Bertz CT molecular complexity index is 1190. The highest BCUT2D eigenvalue weighted by Crippen LogP contribution is 2.14. The van der Waals surface area contributed by atoms with Gasteiger partial charge in [0.25, 0.3) is 0 Å². The van der Waals surface area contributed by atoms with Gasteiger partial charge in [-0.1, -0.05) is 222 Å². The van der Waals surface area contributed by atoms with Crippen molar-refractivity contribution >= 4 is 17.9 Å². The van der Waals surface area contributed by atoms with E-state index in [-0.39, 0.29) is 37.5 Å². The molecule has 0 aliphatic carbocycles. The first kappa shape index (κ1) is 59.9. The van der Waals surface area contributed by atoms with E-state index in [0.717, 1.165) is 77.0 Å². The third kappa shape index (κ3) is 49.7. The molecule has 0 aromatic carbocycles. The van der Waals surface area contributed by atoms with E-state index in [1.54, 1.807) is 0 Å². The number of allylic oxidation sites excluding steroid dienone is 12. The molecule has 1 unspecified atom stereocenters. The summed E-state index contributed by atoms with van der Waals surface area (Å²) in [4.78, 5) is 37.9. The van der Waals surface area contributed by atoms with E-state index in [4.69, 9.17) is 14.2 Å². The summed E-state index contributed by atoms with van der Waals surface area (Å²) >= 11 is 0. The molecular formula is C57H98O6. The minimum Gasteiger partial charge on any atom is -0.462 e. The predicted octanol–water partition coefficient (Wildman–Crippen LogP) is 17.4. The maximum atomic E-state index is 12.8. The second kappa shape index (κ2) is 51.5. The number of ether oxygens (including phenoxy) is 3. The molecule has 63 heavy (non-hydrogen) atoms. The zero-order valence-corrected chi connectivity index (χ0v) is 41.3. The van der Waals surface area contributed by atoms with E-state index < -0.39 is 6.10 Å². The van der Waals surface area contributed by atoms with Crippen LogP contribution in [0.4, 0.5) is 0 Å². The highest BCUT2D eigenvalue weighted by Gasteiger charge is 2.19. The van der Waals surface area contributed by atoms with E-state index >= 15 is 0 Å². The molecule has 0 heterocycles. The summed E-state index contributed by atoms with van der Waals surface area (Å²) in [6.45, 7) is 6.46. The molecule has 0 amide bonds. The van der Waals surface area contributed by atoms with Gasteiger partial charge in [0.15, 0.2) is 6.10 Å². The fourth-order valence-corrected chi connectivity index (χ4v) is 7.24. The minimum absolute atomic E-state index is 0.0978. The van der Waals surface area contributed by atoms with Crippen molar-refractivity contribution in [2.45, 2.75) is 258 Å². The summed E-state index contributed by atoms with van der Waals surface area (Å²) in [5.74, 6) is -0.960. The maximum absolute atomic E-state index is 12.8. The second-order valence-electron chi connectivity index (χ2n) is 17.4. The van der Waals surface area contributed by atoms with E-state index in [9.17, 15) is 14.4 Å². The Hall–Kier alpha value is -3.15. The summed E-state index contributed by atoms with van der Waals surface area (Å²) in [5.41, 5.74) is 0. The van der Waals surface area contributed by atoms with Crippen molar-refractivity contribution in [3.63, 3.8) is 0 Å². The smallest absolute Gasteiger partial charge is 0.306 e. The Balaban J connectivity index is 4.42. The molecule has 0 spiro atoms. The normalized spacial score (nSPS) is 12.6. The van der Waals surface area contributed by atoms with Crippen LogP contribution in [0.25, 0.3) is 0 Å². The SMILES string of the molecule is CC/C=C\C/C=C\C/C=C\C/C=C\C/C=C\CCCC(=O)OC(COC(=O)CCCCCCCCC/C=C\CCCCCCCCC)COC(=O)CCCCCCCCCCCC. The Labute approximate surface area is 389 Å². The monoisotopic (exact) mass is 879 g/mol. The van der Waals surface area contributed by atoms with Gasteiger partial charge in [-0.3, -0.25) is 14.4 Å². The van der Waals surface area contributed by atoms with E-state index in [1.807, 2.05) is 0 Å². The molecule has 6 nitrogen and oxygen atoms in total. The predicted molar refractivity (Wildman–Crippen MR) is 270 cm³/mol. The van der Waals surface area contributed by atoms with Gasteiger partial charge >= 0.3 is 17.9 Å². The van der Waals surface area contributed by atoms with Gasteiger partial charge in [0.05, 0.1) is 0 Å². The fourth-order valence-electron chi connectivity index (χ4n) is 7.24. The van der Waals surface area contributed by atoms with Gasteiger partial charge in [-0.25, -0.2) is 0 Å². The van der Waals surface area contributed by atoms with Gasteiger partial charge in [0, 0.05) is 19.3 Å². The Morgan fingerprint density at radius 1 is 0.333 bits per heavy atom. The van der Waals surface area contributed by atoms with Crippen molar-refractivity contribution in [3.8, 4) is 0 Å². The summed E-state index contributed by atoms with van der Waals surface area (Å²) < 4.78 is 16.7. The lowest BCUT2D eigenvalue weighted by Gasteiger charge is -2.18. The summed E-state index contributed by atoms with van der Waals surface area (Å²) in [7, 11) is 0. The molecule has 362 valence electrons. The van der Waals surface area contributed by atoms with E-state index in [1.165, 1.54) is 128 Å². The van der Waals surface area contributed by atoms with Gasteiger partial charge in [0.2, 0.25) is 0 Å². The van der Waals surface area contributed by atoms with Crippen molar-refractivity contribution < 1.29 is 28.6 Å². The number of unbranched alkanes of at least 4 members (excludes halogenated alkanes) is 24. The third-order valence-corrected chi connectivity index (χ3v) is 11.2. The van der Waals surface area contributed by atoms with Crippen LogP contribution in [0.15, 0.2) is 72.9 Å². The zero-order chi connectivity index (χ0) is 45.8. The van der Waals surface area contributed by atoms with Gasteiger partial charge in [-0.15, -0.1) is 0 Å².